The molecule has 4 nitrogen and oxygen atoms in total. The lowest BCUT2D eigenvalue weighted by molar-refractivity contribution is -0.148. The van der Waals surface area contributed by atoms with E-state index in [0.717, 1.165) is 32.4 Å². The fourth-order valence-corrected chi connectivity index (χ4v) is 2.71. The molecule has 1 N–H and O–H groups in total. The van der Waals surface area contributed by atoms with Crippen LogP contribution in [0.4, 0.5) is 8.78 Å². The van der Waals surface area contributed by atoms with Gasteiger partial charge in [-0.15, -0.1) is 0 Å². The predicted octanol–water partition coefficient (Wildman–Crippen LogP) is 2.14. The van der Waals surface area contributed by atoms with E-state index >= 15 is 0 Å². The minimum absolute atomic E-state index is 0.312. The molecule has 0 unspecified atom stereocenters. The molecule has 1 aromatic carbocycles. The van der Waals surface area contributed by atoms with Crippen molar-refractivity contribution in [3.63, 3.8) is 0 Å². The molecule has 1 amide bonds. The van der Waals surface area contributed by atoms with Crippen molar-refractivity contribution in [3.8, 4) is 5.75 Å². The molecule has 0 atom stereocenters. The second-order valence-corrected chi connectivity index (χ2v) is 6.17. The van der Waals surface area contributed by atoms with Gasteiger partial charge in [0.05, 0.1) is 12.6 Å². The van der Waals surface area contributed by atoms with E-state index < -0.39 is 17.4 Å². The van der Waals surface area contributed by atoms with Crippen molar-refractivity contribution >= 4 is 5.91 Å². The first-order valence-electron chi connectivity index (χ1n) is 7.53. The molecule has 1 aliphatic carbocycles. The summed E-state index contributed by atoms with van der Waals surface area (Å²) in [7, 11) is 1.41. The maximum absolute atomic E-state index is 14.4. The number of nitrogens with one attached hydrogen (secondary N) is 1. The van der Waals surface area contributed by atoms with E-state index in [4.69, 9.17) is 4.74 Å². The summed E-state index contributed by atoms with van der Waals surface area (Å²) in [6, 6.07) is 5.48. The highest BCUT2D eigenvalue weighted by atomic mass is 19.3. The first-order valence-corrected chi connectivity index (χ1v) is 7.53. The second-order valence-electron chi connectivity index (χ2n) is 6.17. The lowest BCUT2D eigenvalue weighted by atomic mass is 10.1. The van der Waals surface area contributed by atoms with E-state index in [1.165, 1.54) is 25.3 Å². The predicted molar refractivity (Wildman–Crippen MR) is 78.1 cm³/mol. The highest BCUT2D eigenvalue weighted by Crippen LogP contribution is 2.39. The Morgan fingerprint density at radius 1 is 1.41 bits per heavy atom. The molecule has 3 rings (SSSR count). The Morgan fingerprint density at radius 2 is 2.14 bits per heavy atom. The lowest BCUT2D eigenvalue weighted by Crippen LogP contribution is -2.53. The average molecular weight is 310 g/mol. The Kier molecular flexibility index (Phi) is 3.80. The molecule has 120 valence electrons. The molecular formula is C16H20F2N2O2. The van der Waals surface area contributed by atoms with E-state index in [2.05, 4.69) is 10.2 Å². The molecule has 22 heavy (non-hydrogen) atoms. The Hall–Kier alpha value is -1.69. The molecule has 0 bridgehead atoms. The smallest absolute Gasteiger partial charge is 0.349 e. The maximum atomic E-state index is 14.4. The minimum atomic E-state index is -3.56. The summed E-state index contributed by atoms with van der Waals surface area (Å²) in [5, 5.41) is 2.57. The molecule has 1 saturated heterocycles. The van der Waals surface area contributed by atoms with Crippen LogP contribution in [0.15, 0.2) is 24.3 Å². The molecule has 2 aliphatic rings. The van der Waals surface area contributed by atoms with Crippen molar-refractivity contribution in [1.29, 1.82) is 0 Å². The Morgan fingerprint density at radius 3 is 2.68 bits per heavy atom. The zero-order valence-electron chi connectivity index (χ0n) is 12.6. The number of benzene rings is 1. The monoisotopic (exact) mass is 310 g/mol. The number of alkyl halides is 2. The minimum Gasteiger partial charge on any atom is -0.497 e. The highest BCUT2D eigenvalue weighted by Gasteiger charge is 2.51. The van der Waals surface area contributed by atoms with Gasteiger partial charge < -0.3 is 15.0 Å². The van der Waals surface area contributed by atoms with Gasteiger partial charge in [-0.25, -0.2) is 0 Å². The summed E-state index contributed by atoms with van der Waals surface area (Å²) in [4.78, 5) is 14.3. The number of nitrogens with zero attached hydrogens (tertiary/aromatic N) is 1. The fraction of sp³-hybridized carbons (Fsp3) is 0.562. The van der Waals surface area contributed by atoms with E-state index in [1.54, 1.807) is 6.07 Å². The number of halogens is 2. The molecule has 6 heteroatoms. The standard InChI is InChI=1S/C16H20F2N2O2/c1-22-13-5-2-4-12(10-13)16(17,18)14(21)19-15(6-7-15)11-20-8-3-9-20/h2,4-5,10H,3,6-9,11H2,1H3,(H,19,21). The van der Waals surface area contributed by atoms with Gasteiger partial charge in [-0.05, 0) is 44.5 Å². The molecule has 1 aromatic rings. The van der Waals surface area contributed by atoms with Crippen LogP contribution < -0.4 is 10.1 Å². The van der Waals surface area contributed by atoms with E-state index in [9.17, 15) is 13.6 Å². The van der Waals surface area contributed by atoms with Crippen LogP contribution in [0.1, 0.15) is 24.8 Å². The van der Waals surface area contributed by atoms with Gasteiger partial charge in [0.15, 0.2) is 0 Å². The van der Waals surface area contributed by atoms with Crippen molar-refractivity contribution in [2.24, 2.45) is 0 Å². The number of hydrogen-bond donors (Lipinski definition) is 1. The number of carbonyl (C=O) groups excluding carboxylic acids is 1. The van der Waals surface area contributed by atoms with Gasteiger partial charge in [0.2, 0.25) is 0 Å². The number of amides is 1. The topological polar surface area (TPSA) is 41.6 Å². The highest BCUT2D eigenvalue weighted by molar-refractivity contribution is 5.86. The van der Waals surface area contributed by atoms with E-state index in [-0.39, 0.29) is 5.56 Å². The van der Waals surface area contributed by atoms with Gasteiger partial charge in [0.25, 0.3) is 5.91 Å². The van der Waals surface area contributed by atoms with Gasteiger partial charge in [-0.1, -0.05) is 12.1 Å². The summed E-state index contributed by atoms with van der Waals surface area (Å²) in [5.41, 5.74) is -0.802. The molecule has 2 fully saturated rings. The van der Waals surface area contributed by atoms with E-state index in [0.29, 0.717) is 12.3 Å². The number of hydrogen-bond acceptors (Lipinski definition) is 3. The third kappa shape index (κ3) is 2.92. The third-order valence-electron chi connectivity index (χ3n) is 4.42. The fourth-order valence-electron chi connectivity index (χ4n) is 2.71. The van der Waals surface area contributed by atoms with Crippen LogP contribution in [0.2, 0.25) is 0 Å². The van der Waals surface area contributed by atoms with Crippen LogP contribution >= 0.6 is 0 Å². The van der Waals surface area contributed by atoms with Crippen LogP contribution in [-0.2, 0) is 10.7 Å². The van der Waals surface area contributed by atoms with E-state index in [1.807, 2.05) is 0 Å². The molecule has 0 radical (unpaired) electrons. The van der Waals surface area contributed by atoms with Crippen molar-refractivity contribution in [3.05, 3.63) is 29.8 Å². The molecular weight excluding hydrogens is 290 g/mol. The number of methoxy groups -OCH3 is 1. The average Bonchev–Trinajstić information content (AvgIpc) is 3.23. The summed E-state index contributed by atoms with van der Waals surface area (Å²) in [6.07, 6.45) is 2.68. The van der Waals surface area contributed by atoms with Crippen LogP contribution in [0.5, 0.6) is 5.75 Å². The number of rotatable bonds is 6. The number of likely N-dealkylation sites (tertiary alicyclic amines) is 1. The van der Waals surface area contributed by atoms with Gasteiger partial charge >= 0.3 is 5.92 Å². The molecule has 1 saturated carbocycles. The molecule has 1 heterocycles. The summed E-state index contributed by atoms with van der Waals surface area (Å²) in [6.45, 7) is 2.65. The van der Waals surface area contributed by atoms with Gasteiger partial charge in [-0.3, -0.25) is 4.79 Å². The Balaban J connectivity index is 1.69. The van der Waals surface area contributed by atoms with Gasteiger partial charge in [0, 0.05) is 12.1 Å². The second kappa shape index (κ2) is 5.50. The zero-order valence-corrected chi connectivity index (χ0v) is 12.6. The zero-order chi connectivity index (χ0) is 15.8. The first-order chi connectivity index (χ1) is 10.5. The van der Waals surface area contributed by atoms with Crippen molar-refractivity contribution in [2.75, 3.05) is 26.7 Å². The summed E-state index contributed by atoms with van der Waals surface area (Å²) < 4.78 is 33.7. The molecule has 0 aromatic heterocycles. The van der Waals surface area contributed by atoms with Crippen molar-refractivity contribution < 1.29 is 18.3 Å². The van der Waals surface area contributed by atoms with Gasteiger partial charge in [0.1, 0.15) is 5.75 Å². The normalized spacial score (nSPS) is 20.1. The first kappa shape index (κ1) is 15.2. The van der Waals surface area contributed by atoms with Crippen molar-refractivity contribution in [2.45, 2.75) is 30.7 Å². The molecule has 1 aliphatic heterocycles. The largest absolute Gasteiger partial charge is 0.497 e. The summed E-state index contributed by atoms with van der Waals surface area (Å²) in [5.74, 6) is -4.47. The van der Waals surface area contributed by atoms with Crippen molar-refractivity contribution in [1.82, 2.24) is 10.2 Å². The summed E-state index contributed by atoms with van der Waals surface area (Å²) >= 11 is 0. The van der Waals surface area contributed by atoms with Gasteiger partial charge in [-0.2, -0.15) is 8.78 Å². The SMILES string of the molecule is COc1cccc(C(F)(F)C(=O)NC2(CN3CCC3)CC2)c1. The number of ether oxygens (including phenoxy) is 1. The quantitative estimate of drug-likeness (QED) is 0.875. The van der Waals surface area contributed by atoms with Crippen LogP contribution in [-0.4, -0.2) is 43.1 Å². The van der Waals surface area contributed by atoms with Crippen LogP contribution in [0, 0.1) is 0 Å². The lowest BCUT2D eigenvalue weighted by Gasteiger charge is -2.35. The maximum Gasteiger partial charge on any atom is 0.349 e. The van der Waals surface area contributed by atoms with Crippen LogP contribution in [0.25, 0.3) is 0 Å². The Bertz CT molecular complexity index is 569. The third-order valence-corrected chi connectivity index (χ3v) is 4.42. The molecule has 0 spiro atoms. The number of carbonyl (C=O) groups is 1. The van der Waals surface area contributed by atoms with Crippen LogP contribution in [0.3, 0.4) is 0 Å². The Labute approximate surface area is 128 Å².